The Hall–Kier alpha value is -2.40. The van der Waals surface area contributed by atoms with Crippen LogP contribution in [0.15, 0.2) is 42.6 Å². The van der Waals surface area contributed by atoms with E-state index in [1.165, 1.54) is 12.3 Å². The summed E-state index contributed by atoms with van der Waals surface area (Å²) in [5.41, 5.74) is 1.75. The second kappa shape index (κ2) is 5.77. The molecule has 0 fully saturated rings. The first-order valence-electron chi connectivity index (χ1n) is 6.89. The molecule has 2 amide bonds. The first-order valence-corrected chi connectivity index (χ1v) is 7.27. The van der Waals surface area contributed by atoms with Gasteiger partial charge in [-0.25, -0.2) is 4.98 Å². The lowest BCUT2D eigenvalue weighted by atomic mass is 10.1. The smallest absolute Gasteiger partial charge is 0.258 e. The van der Waals surface area contributed by atoms with Crippen molar-refractivity contribution in [3.8, 4) is 0 Å². The Morgan fingerprint density at radius 1 is 1.36 bits per heavy atom. The van der Waals surface area contributed by atoms with E-state index < -0.39 is 0 Å². The van der Waals surface area contributed by atoms with E-state index in [0.717, 1.165) is 0 Å². The molecule has 1 atom stereocenters. The van der Waals surface area contributed by atoms with Gasteiger partial charge in [0, 0.05) is 18.3 Å². The molecule has 1 N–H and O–H groups in total. The maximum Gasteiger partial charge on any atom is 0.258 e. The van der Waals surface area contributed by atoms with Crippen molar-refractivity contribution < 1.29 is 9.59 Å². The van der Waals surface area contributed by atoms with Gasteiger partial charge in [-0.15, -0.1) is 0 Å². The summed E-state index contributed by atoms with van der Waals surface area (Å²) in [6.07, 6.45) is 1.49. The number of fused-ring (bicyclic) bond motifs is 1. The molecule has 0 saturated carbocycles. The van der Waals surface area contributed by atoms with Crippen LogP contribution in [0.1, 0.15) is 17.3 Å². The zero-order valence-corrected chi connectivity index (χ0v) is 12.7. The number of rotatable bonds is 1. The molecule has 0 aliphatic carbocycles. The molecule has 1 unspecified atom stereocenters. The molecule has 6 heteroatoms. The van der Waals surface area contributed by atoms with Gasteiger partial charge < -0.3 is 10.2 Å². The highest BCUT2D eigenvalue weighted by Crippen LogP contribution is 2.31. The van der Waals surface area contributed by atoms with Crippen LogP contribution in [0.25, 0.3) is 0 Å². The fourth-order valence-corrected chi connectivity index (χ4v) is 2.58. The quantitative estimate of drug-likeness (QED) is 0.823. The van der Waals surface area contributed by atoms with Crippen molar-refractivity contribution in [2.24, 2.45) is 5.92 Å². The lowest BCUT2D eigenvalue weighted by Gasteiger charge is -2.23. The van der Waals surface area contributed by atoms with E-state index in [-0.39, 0.29) is 22.9 Å². The number of amides is 2. The standard InChI is InChI=1S/C16H14ClN3O2/c1-10-9-20(16(22)11-6-7-18-14(17)8-11)13-5-3-2-4-12(13)19-15(10)21/h2-8,10H,9H2,1H3,(H,19,21). The average molecular weight is 316 g/mol. The molecule has 5 nitrogen and oxygen atoms in total. The van der Waals surface area contributed by atoms with Gasteiger partial charge in [0.05, 0.1) is 17.3 Å². The maximum absolute atomic E-state index is 12.8. The second-order valence-electron chi connectivity index (χ2n) is 5.19. The van der Waals surface area contributed by atoms with Crippen LogP contribution in [0, 0.1) is 5.92 Å². The maximum atomic E-state index is 12.8. The number of carbonyl (C=O) groups is 2. The first kappa shape index (κ1) is 14.5. The molecule has 0 saturated heterocycles. The summed E-state index contributed by atoms with van der Waals surface area (Å²) in [5, 5.41) is 3.11. The van der Waals surface area contributed by atoms with E-state index in [9.17, 15) is 9.59 Å². The summed E-state index contributed by atoms with van der Waals surface area (Å²) in [6.45, 7) is 2.10. The van der Waals surface area contributed by atoms with Gasteiger partial charge in [-0.3, -0.25) is 9.59 Å². The fraction of sp³-hybridized carbons (Fsp3) is 0.188. The predicted octanol–water partition coefficient (Wildman–Crippen LogP) is 2.97. The Bertz CT molecular complexity index is 748. The SMILES string of the molecule is CC1CN(C(=O)c2ccnc(Cl)c2)c2ccccc2NC1=O. The molecule has 112 valence electrons. The van der Waals surface area contributed by atoms with Gasteiger partial charge in [0.15, 0.2) is 0 Å². The molecule has 3 rings (SSSR count). The third kappa shape index (κ3) is 2.67. The van der Waals surface area contributed by atoms with Gasteiger partial charge in [0.25, 0.3) is 5.91 Å². The van der Waals surface area contributed by atoms with Gasteiger partial charge in [-0.1, -0.05) is 30.7 Å². The molecule has 1 aromatic carbocycles. The number of benzene rings is 1. The molecule has 22 heavy (non-hydrogen) atoms. The Morgan fingerprint density at radius 2 is 2.14 bits per heavy atom. The summed E-state index contributed by atoms with van der Waals surface area (Å²) in [4.78, 5) is 30.4. The lowest BCUT2D eigenvalue weighted by molar-refractivity contribution is -0.119. The number of pyridine rings is 1. The van der Waals surface area contributed by atoms with E-state index in [1.807, 2.05) is 18.2 Å². The number of anilines is 2. The van der Waals surface area contributed by atoms with E-state index in [4.69, 9.17) is 11.6 Å². The van der Waals surface area contributed by atoms with Crippen LogP contribution in [0.2, 0.25) is 5.15 Å². The Kier molecular flexibility index (Phi) is 3.81. The van der Waals surface area contributed by atoms with E-state index in [2.05, 4.69) is 10.3 Å². The number of para-hydroxylation sites is 2. The fourth-order valence-electron chi connectivity index (χ4n) is 2.41. The van der Waals surface area contributed by atoms with Gasteiger partial charge >= 0.3 is 0 Å². The molecule has 2 aromatic rings. The van der Waals surface area contributed by atoms with Crippen molar-refractivity contribution >= 4 is 34.8 Å². The zero-order valence-electron chi connectivity index (χ0n) is 11.9. The largest absolute Gasteiger partial charge is 0.324 e. The minimum atomic E-state index is -0.311. The monoisotopic (exact) mass is 315 g/mol. The molecule has 0 spiro atoms. The van der Waals surface area contributed by atoms with Gasteiger partial charge in [0.1, 0.15) is 5.15 Å². The first-order chi connectivity index (χ1) is 10.6. The van der Waals surface area contributed by atoms with Gasteiger partial charge in [0.2, 0.25) is 5.91 Å². The second-order valence-corrected chi connectivity index (χ2v) is 5.58. The van der Waals surface area contributed by atoms with Crippen LogP contribution in [0.4, 0.5) is 11.4 Å². The van der Waals surface area contributed by atoms with Gasteiger partial charge in [-0.2, -0.15) is 0 Å². The summed E-state index contributed by atoms with van der Waals surface area (Å²) >= 11 is 5.86. The number of nitrogens with zero attached hydrogens (tertiary/aromatic N) is 2. The Balaban J connectivity index is 2.05. The molecule has 0 bridgehead atoms. The molecule has 1 aromatic heterocycles. The molecule has 0 radical (unpaired) electrons. The van der Waals surface area contributed by atoms with Crippen LogP contribution < -0.4 is 10.2 Å². The van der Waals surface area contributed by atoms with Crippen LogP contribution in [0.5, 0.6) is 0 Å². The minimum Gasteiger partial charge on any atom is -0.324 e. The number of hydrogen-bond acceptors (Lipinski definition) is 3. The number of halogens is 1. The predicted molar refractivity (Wildman–Crippen MR) is 85.2 cm³/mol. The van der Waals surface area contributed by atoms with Crippen molar-refractivity contribution in [3.05, 3.63) is 53.3 Å². The average Bonchev–Trinajstić information content (AvgIpc) is 2.64. The Morgan fingerprint density at radius 3 is 2.91 bits per heavy atom. The van der Waals surface area contributed by atoms with E-state index in [0.29, 0.717) is 23.5 Å². The van der Waals surface area contributed by atoms with Gasteiger partial charge in [-0.05, 0) is 24.3 Å². The highest BCUT2D eigenvalue weighted by Gasteiger charge is 2.29. The van der Waals surface area contributed by atoms with Crippen LogP contribution in [0.3, 0.4) is 0 Å². The number of aromatic nitrogens is 1. The summed E-state index contributed by atoms with van der Waals surface area (Å²) in [7, 11) is 0. The zero-order chi connectivity index (χ0) is 15.7. The van der Waals surface area contributed by atoms with Crippen molar-refractivity contribution in [3.63, 3.8) is 0 Å². The summed E-state index contributed by atoms with van der Waals surface area (Å²) in [5.74, 6) is -0.621. The molecule has 1 aliphatic heterocycles. The lowest BCUT2D eigenvalue weighted by Crippen LogP contribution is -2.35. The summed E-state index contributed by atoms with van der Waals surface area (Å²) in [6, 6.07) is 10.4. The topological polar surface area (TPSA) is 62.3 Å². The number of hydrogen-bond donors (Lipinski definition) is 1. The van der Waals surface area contributed by atoms with Crippen molar-refractivity contribution in [1.29, 1.82) is 0 Å². The minimum absolute atomic E-state index is 0.101. The van der Waals surface area contributed by atoms with Crippen LogP contribution in [-0.4, -0.2) is 23.3 Å². The number of carbonyl (C=O) groups excluding carboxylic acids is 2. The number of nitrogens with one attached hydrogen (secondary N) is 1. The highest BCUT2D eigenvalue weighted by molar-refractivity contribution is 6.29. The third-order valence-electron chi connectivity index (χ3n) is 3.58. The molecular weight excluding hydrogens is 302 g/mol. The van der Waals surface area contributed by atoms with Crippen LogP contribution >= 0.6 is 11.6 Å². The Labute approximate surface area is 132 Å². The molecular formula is C16H14ClN3O2. The summed E-state index contributed by atoms with van der Waals surface area (Å²) < 4.78 is 0. The van der Waals surface area contributed by atoms with Crippen LogP contribution in [-0.2, 0) is 4.79 Å². The van der Waals surface area contributed by atoms with Crippen molar-refractivity contribution in [2.45, 2.75) is 6.92 Å². The van der Waals surface area contributed by atoms with E-state index >= 15 is 0 Å². The van der Waals surface area contributed by atoms with E-state index in [1.54, 1.807) is 24.0 Å². The van der Waals surface area contributed by atoms with Crippen molar-refractivity contribution in [1.82, 2.24) is 4.98 Å². The molecule has 1 aliphatic rings. The highest BCUT2D eigenvalue weighted by atomic mass is 35.5. The molecule has 2 heterocycles. The third-order valence-corrected chi connectivity index (χ3v) is 3.78. The van der Waals surface area contributed by atoms with Crippen molar-refractivity contribution in [2.75, 3.05) is 16.8 Å². The normalized spacial score (nSPS) is 17.5.